The molecule has 1 saturated carbocycles. The monoisotopic (exact) mass is 202 g/mol. The molecular weight excluding hydrogens is 184 g/mol. The molecule has 0 radical (unpaired) electrons. The maximum Gasteiger partial charge on any atom is 0.0716 e. The molecule has 0 amide bonds. The van der Waals surface area contributed by atoms with E-state index in [1.54, 1.807) is 0 Å². The second kappa shape index (κ2) is 3.62. The lowest BCUT2D eigenvalue weighted by atomic mass is 9.84. The topological polar surface area (TPSA) is 15.3 Å². The van der Waals surface area contributed by atoms with Gasteiger partial charge in [-0.2, -0.15) is 0 Å². The van der Waals surface area contributed by atoms with Crippen LogP contribution in [0, 0.1) is 0 Å². The van der Waals surface area contributed by atoms with E-state index in [-0.39, 0.29) is 0 Å². The Morgan fingerprint density at radius 3 is 2.67 bits per heavy atom. The van der Waals surface area contributed by atoms with Crippen LogP contribution in [0.2, 0.25) is 0 Å². The Kier molecular flexibility index (Phi) is 2.26. The SMILES string of the molecule is c1ccc(CN2CCNC23CCC3)cc1. The Bertz CT molecular complexity index is 330. The Balaban J connectivity index is 1.73. The lowest BCUT2D eigenvalue weighted by molar-refractivity contribution is 0.0313. The number of hydrogen-bond donors (Lipinski definition) is 1. The van der Waals surface area contributed by atoms with Crippen molar-refractivity contribution in [3.05, 3.63) is 35.9 Å². The molecule has 0 bridgehead atoms. The summed E-state index contributed by atoms with van der Waals surface area (Å²) in [6.07, 6.45) is 4.05. The molecule has 0 aromatic heterocycles. The van der Waals surface area contributed by atoms with E-state index >= 15 is 0 Å². The predicted molar refractivity (Wildman–Crippen MR) is 61.4 cm³/mol. The van der Waals surface area contributed by atoms with Crippen molar-refractivity contribution < 1.29 is 0 Å². The molecular formula is C13H18N2. The molecule has 80 valence electrons. The Labute approximate surface area is 91.3 Å². The third-order valence-corrected chi connectivity index (χ3v) is 3.84. The molecule has 1 aromatic carbocycles. The molecule has 1 spiro atoms. The summed E-state index contributed by atoms with van der Waals surface area (Å²) < 4.78 is 0. The second-order valence-corrected chi connectivity index (χ2v) is 4.72. The standard InChI is InChI=1S/C13H18N2/c1-2-5-12(6-3-1)11-15-10-9-14-13(15)7-4-8-13/h1-3,5-6,14H,4,7-11H2. The van der Waals surface area contributed by atoms with Crippen LogP contribution in [0.4, 0.5) is 0 Å². The molecule has 1 aliphatic carbocycles. The predicted octanol–water partition coefficient (Wildman–Crippen LogP) is 1.97. The summed E-state index contributed by atoms with van der Waals surface area (Å²) in [5, 5.41) is 3.67. The second-order valence-electron chi connectivity index (χ2n) is 4.72. The highest BCUT2D eigenvalue weighted by atomic mass is 15.4. The fraction of sp³-hybridized carbons (Fsp3) is 0.538. The van der Waals surface area contributed by atoms with Crippen LogP contribution in [-0.4, -0.2) is 23.7 Å². The van der Waals surface area contributed by atoms with Gasteiger partial charge in [0.2, 0.25) is 0 Å². The molecule has 1 saturated heterocycles. The van der Waals surface area contributed by atoms with Crippen molar-refractivity contribution in [3.63, 3.8) is 0 Å². The molecule has 2 nitrogen and oxygen atoms in total. The van der Waals surface area contributed by atoms with Crippen LogP contribution in [0.3, 0.4) is 0 Å². The highest BCUT2D eigenvalue weighted by Gasteiger charge is 2.44. The molecule has 2 fully saturated rings. The first-order chi connectivity index (χ1) is 7.39. The molecule has 0 unspecified atom stereocenters. The number of nitrogens with one attached hydrogen (secondary N) is 1. The van der Waals surface area contributed by atoms with E-state index in [1.165, 1.54) is 31.4 Å². The molecule has 2 heteroatoms. The minimum Gasteiger partial charge on any atom is -0.298 e. The van der Waals surface area contributed by atoms with E-state index in [1.807, 2.05) is 0 Å². The molecule has 1 heterocycles. The normalized spacial score (nSPS) is 24.3. The molecule has 3 rings (SSSR count). The zero-order valence-electron chi connectivity index (χ0n) is 9.08. The minimum absolute atomic E-state index is 0.371. The van der Waals surface area contributed by atoms with Gasteiger partial charge in [-0.3, -0.25) is 10.2 Å². The third kappa shape index (κ3) is 1.58. The summed E-state index contributed by atoms with van der Waals surface area (Å²) in [6, 6.07) is 10.8. The molecule has 1 aromatic rings. The van der Waals surface area contributed by atoms with E-state index in [0.29, 0.717) is 5.66 Å². The smallest absolute Gasteiger partial charge is 0.0716 e. The van der Waals surface area contributed by atoms with Crippen molar-refractivity contribution in [1.29, 1.82) is 0 Å². The van der Waals surface area contributed by atoms with Crippen molar-refractivity contribution in [2.75, 3.05) is 13.1 Å². The lowest BCUT2D eigenvalue weighted by Crippen LogP contribution is -2.56. The van der Waals surface area contributed by atoms with E-state index in [0.717, 1.165) is 13.1 Å². The maximum absolute atomic E-state index is 3.67. The zero-order chi connectivity index (χ0) is 10.1. The first-order valence-electron chi connectivity index (χ1n) is 5.93. The van der Waals surface area contributed by atoms with Crippen LogP contribution in [0.15, 0.2) is 30.3 Å². The Morgan fingerprint density at radius 1 is 1.20 bits per heavy atom. The van der Waals surface area contributed by atoms with E-state index in [2.05, 4.69) is 40.5 Å². The van der Waals surface area contributed by atoms with Gasteiger partial charge in [-0.05, 0) is 24.8 Å². The quantitative estimate of drug-likeness (QED) is 0.789. The van der Waals surface area contributed by atoms with Crippen LogP contribution >= 0.6 is 0 Å². The van der Waals surface area contributed by atoms with Gasteiger partial charge >= 0.3 is 0 Å². The van der Waals surface area contributed by atoms with Crippen LogP contribution in [0.25, 0.3) is 0 Å². The van der Waals surface area contributed by atoms with Crippen molar-refractivity contribution in [1.82, 2.24) is 10.2 Å². The summed E-state index contributed by atoms with van der Waals surface area (Å²) in [5.74, 6) is 0. The lowest BCUT2D eigenvalue weighted by Gasteiger charge is -2.45. The summed E-state index contributed by atoms with van der Waals surface area (Å²) in [6.45, 7) is 3.47. The van der Waals surface area contributed by atoms with Gasteiger partial charge in [0.1, 0.15) is 0 Å². The van der Waals surface area contributed by atoms with Crippen molar-refractivity contribution in [2.45, 2.75) is 31.5 Å². The van der Waals surface area contributed by atoms with Gasteiger partial charge in [0.05, 0.1) is 5.66 Å². The summed E-state index contributed by atoms with van der Waals surface area (Å²) >= 11 is 0. The summed E-state index contributed by atoms with van der Waals surface area (Å²) in [7, 11) is 0. The Hall–Kier alpha value is -0.860. The van der Waals surface area contributed by atoms with Gasteiger partial charge in [0, 0.05) is 19.6 Å². The number of benzene rings is 1. The van der Waals surface area contributed by atoms with Crippen LogP contribution in [0.5, 0.6) is 0 Å². The highest BCUT2D eigenvalue weighted by Crippen LogP contribution is 2.38. The zero-order valence-corrected chi connectivity index (χ0v) is 9.08. The third-order valence-electron chi connectivity index (χ3n) is 3.84. The number of rotatable bonds is 2. The van der Waals surface area contributed by atoms with Crippen LogP contribution in [0.1, 0.15) is 24.8 Å². The van der Waals surface area contributed by atoms with Gasteiger partial charge in [0.15, 0.2) is 0 Å². The first kappa shape index (κ1) is 9.37. The molecule has 1 aliphatic heterocycles. The highest BCUT2D eigenvalue weighted by molar-refractivity contribution is 5.16. The van der Waals surface area contributed by atoms with Crippen molar-refractivity contribution in [2.24, 2.45) is 0 Å². The van der Waals surface area contributed by atoms with Gasteiger partial charge in [-0.15, -0.1) is 0 Å². The molecule has 2 aliphatic rings. The minimum atomic E-state index is 0.371. The van der Waals surface area contributed by atoms with E-state index in [9.17, 15) is 0 Å². The average Bonchev–Trinajstić information content (AvgIpc) is 2.62. The Morgan fingerprint density at radius 2 is 2.00 bits per heavy atom. The van der Waals surface area contributed by atoms with Gasteiger partial charge < -0.3 is 0 Å². The number of nitrogens with zero attached hydrogens (tertiary/aromatic N) is 1. The number of hydrogen-bond acceptors (Lipinski definition) is 2. The van der Waals surface area contributed by atoms with Gasteiger partial charge in [0.25, 0.3) is 0 Å². The fourth-order valence-electron chi connectivity index (χ4n) is 2.79. The largest absolute Gasteiger partial charge is 0.298 e. The van der Waals surface area contributed by atoms with Crippen LogP contribution < -0.4 is 5.32 Å². The molecule has 15 heavy (non-hydrogen) atoms. The average molecular weight is 202 g/mol. The summed E-state index contributed by atoms with van der Waals surface area (Å²) in [4.78, 5) is 2.62. The van der Waals surface area contributed by atoms with Crippen molar-refractivity contribution >= 4 is 0 Å². The molecule has 1 N–H and O–H groups in total. The maximum atomic E-state index is 3.67. The van der Waals surface area contributed by atoms with Crippen molar-refractivity contribution in [3.8, 4) is 0 Å². The van der Waals surface area contributed by atoms with E-state index in [4.69, 9.17) is 0 Å². The van der Waals surface area contributed by atoms with Gasteiger partial charge in [-0.25, -0.2) is 0 Å². The molecule has 0 atom stereocenters. The van der Waals surface area contributed by atoms with Gasteiger partial charge in [-0.1, -0.05) is 30.3 Å². The summed E-state index contributed by atoms with van der Waals surface area (Å²) in [5.41, 5.74) is 1.81. The van der Waals surface area contributed by atoms with Crippen LogP contribution in [-0.2, 0) is 6.54 Å². The first-order valence-corrected chi connectivity index (χ1v) is 5.93. The fourth-order valence-corrected chi connectivity index (χ4v) is 2.79. The van der Waals surface area contributed by atoms with E-state index < -0.39 is 0 Å².